The zero-order valence-corrected chi connectivity index (χ0v) is 27.0. The lowest BCUT2D eigenvalue weighted by atomic mass is 9.78. The van der Waals surface area contributed by atoms with Gasteiger partial charge in [0, 0.05) is 37.8 Å². The molecule has 0 bridgehead atoms. The van der Waals surface area contributed by atoms with Gasteiger partial charge >= 0.3 is 0 Å². The fraction of sp³-hybridized carbons (Fsp3) is 0.641. The average Bonchev–Trinajstić information content (AvgIpc) is 3.33. The average molecular weight is 559 g/mol. The van der Waals surface area contributed by atoms with Crippen molar-refractivity contribution in [2.24, 2.45) is 0 Å². The highest BCUT2D eigenvalue weighted by molar-refractivity contribution is 5.30. The normalized spacial score (nSPS) is 17.4. The van der Waals surface area contributed by atoms with Crippen molar-refractivity contribution in [3.05, 3.63) is 84.2 Å². The molecule has 2 aromatic rings. The lowest BCUT2D eigenvalue weighted by Crippen LogP contribution is -2.59. The first-order valence-electron chi connectivity index (χ1n) is 17.6. The SMILES string of the molecule is CCCCCCCCCCCCCCCCCN1C=CN(CCC)C1(Cc1ccccc1)C(CC)c1ccccc1. The molecule has 3 rings (SSSR count). The van der Waals surface area contributed by atoms with Gasteiger partial charge in [-0.3, -0.25) is 0 Å². The van der Waals surface area contributed by atoms with E-state index >= 15 is 0 Å². The summed E-state index contributed by atoms with van der Waals surface area (Å²) in [5.74, 6) is 0.446. The number of benzene rings is 2. The first-order valence-corrected chi connectivity index (χ1v) is 17.6. The Kier molecular flexibility index (Phi) is 16.1. The maximum atomic E-state index is 2.74. The fourth-order valence-corrected chi connectivity index (χ4v) is 7.15. The molecule has 2 atom stereocenters. The summed E-state index contributed by atoms with van der Waals surface area (Å²) >= 11 is 0. The van der Waals surface area contributed by atoms with E-state index < -0.39 is 0 Å². The number of nitrogens with zero attached hydrogens (tertiary/aromatic N) is 2. The zero-order chi connectivity index (χ0) is 29.0. The Bertz CT molecular complexity index is 923. The minimum atomic E-state index is -0.0521. The van der Waals surface area contributed by atoms with E-state index in [0.717, 1.165) is 25.9 Å². The van der Waals surface area contributed by atoms with Crippen molar-refractivity contribution >= 4 is 0 Å². The standard InChI is InChI=1S/C39H62N2/c1-4-7-8-9-10-11-12-13-14-15-16-17-18-19-26-32-41-34-33-40(31-5-2)39(41,35-36-27-22-20-23-28-36)38(6-3)37-29-24-21-25-30-37/h20-25,27-30,33-34,38H,4-19,26,31-32,35H2,1-3H3. The van der Waals surface area contributed by atoms with Crippen LogP contribution in [-0.4, -0.2) is 28.6 Å². The molecule has 0 saturated heterocycles. The van der Waals surface area contributed by atoms with Gasteiger partial charge < -0.3 is 9.80 Å². The second-order valence-corrected chi connectivity index (χ2v) is 12.5. The Morgan fingerprint density at radius 2 is 0.976 bits per heavy atom. The van der Waals surface area contributed by atoms with Gasteiger partial charge in [0.2, 0.25) is 0 Å². The summed E-state index contributed by atoms with van der Waals surface area (Å²) in [5.41, 5.74) is 2.86. The predicted molar refractivity (Wildman–Crippen MR) is 180 cm³/mol. The van der Waals surface area contributed by atoms with Crippen molar-refractivity contribution in [1.29, 1.82) is 0 Å². The Labute approximate surface area is 254 Å². The van der Waals surface area contributed by atoms with Crippen LogP contribution in [0.1, 0.15) is 147 Å². The summed E-state index contributed by atoms with van der Waals surface area (Å²) in [7, 11) is 0. The highest BCUT2D eigenvalue weighted by Crippen LogP contribution is 2.45. The van der Waals surface area contributed by atoms with Gasteiger partial charge in [0.1, 0.15) is 5.66 Å². The Morgan fingerprint density at radius 3 is 1.46 bits per heavy atom. The third-order valence-corrected chi connectivity index (χ3v) is 9.36. The molecule has 0 saturated carbocycles. The summed E-state index contributed by atoms with van der Waals surface area (Å²) in [5, 5.41) is 0. The molecule has 2 nitrogen and oxygen atoms in total. The molecule has 0 amide bonds. The van der Waals surface area contributed by atoms with Crippen LogP contribution in [0.3, 0.4) is 0 Å². The molecule has 1 aliphatic heterocycles. The van der Waals surface area contributed by atoms with Gasteiger partial charge in [-0.25, -0.2) is 0 Å². The van der Waals surface area contributed by atoms with Crippen LogP contribution in [0.25, 0.3) is 0 Å². The zero-order valence-electron chi connectivity index (χ0n) is 27.0. The second-order valence-electron chi connectivity index (χ2n) is 12.5. The number of hydrogen-bond donors (Lipinski definition) is 0. The third kappa shape index (κ3) is 10.5. The van der Waals surface area contributed by atoms with Crippen molar-refractivity contribution < 1.29 is 0 Å². The molecule has 1 aliphatic rings. The molecular weight excluding hydrogens is 496 g/mol. The van der Waals surface area contributed by atoms with Gasteiger partial charge in [0.05, 0.1) is 0 Å². The molecule has 2 heteroatoms. The fourth-order valence-electron chi connectivity index (χ4n) is 7.15. The smallest absolute Gasteiger partial charge is 0.123 e. The van der Waals surface area contributed by atoms with Crippen LogP contribution in [0, 0.1) is 0 Å². The highest BCUT2D eigenvalue weighted by atomic mass is 15.4. The molecule has 0 aliphatic carbocycles. The minimum absolute atomic E-state index is 0.0521. The molecule has 0 spiro atoms. The van der Waals surface area contributed by atoms with E-state index in [9.17, 15) is 0 Å². The molecule has 1 heterocycles. The van der Waals surface area contributed by atoms with E-state index in [2.05, 4.69) is 104 Å². The summed E-state index contributed by atoms with van der Waals surface area (Å²) < 4.78 is 0. The lowest BCUT2D eigenvalue weighted by molar-refractivity contribution is -0.00287. The van der Waals surface area contributed by atoms with Crippen LogP contribution < -0.4 is 0 Å². The van der Waals surface area contributed by atoms with E-state index in [-0.39, 0.29) is 5.66 Å². The van der Waals surface area contributed by atoms with Gasteiger partial charge in [-0.2, -0.15) is 0 Å². The van der Waals surface area contributed by atoms with Crippen LogP contribution in [0.5, 0.6) is 0 Å². The quantitative estimate of drug-likeness (QED) is 0.125. The van der Waals surface area contributed by atoms with Crippen LogP contribution in [0.2, 0.25) is 0 Å². The second kappa shape index (κ2) is 19.8. The first kappa shape index (κ1) is 33.3. The molecule has 0 aromatic heterocycles. The van der Waals surface area contributed by atoms with Crippen molar-refractivity contribution in [2.75, 3.05) is 13.1 Å². The van der Waals surface area contributed by atoms with Crippen molar-refractivity contribution in [3.8, 4) is 0 Å². The number of rotatable bonds is 23. The molecule has 2 aromatic carbocycles. The summed E-state index contributed by atoms with van der Waals surface area (Å²) in [6, 6.07) is 22.5. The number of hydrogen-bond acceptors (Lipinski definition) is 2. The van der Waals surface area contributed by atoms with Crippen molar-refractivity contribution in [3.63, 3.8) is 0 Å². The third-order valence-electron chi connectivity index (χ3n) is 9.36. The monoisotopic (exact) mass is 558 g/mol. The molecule has 0 radical (unpaired) electrons. The first-order chi connectivity index (χ1) is 20.3. The Morgan fingerprint density at radius 1 is 0.512 bits per heavy atom. The molecule has 41 heavy (non-hydrogen) atoms. The van der Waals surface area contributed by atoms with E-state index in [1.165, 1.54) is 114 Å². The highest BCUT2D eigenvalue weighted by Gasteiger charge is 2.48. The van der Waals surface area contributed by atoms with Crippen molar-refractivity contribution in [2.45, 2.75) is 148 Å². The largest absolute Gasteiger partial charge is 0.353 e. The minimum Gasteiger partial charge on any atom is -0.353 e. The summed E-state index contributed by atoms with van der Waals surface area (Å²) in [6.45, 7) is 9.26. The van der Waals surface area contributed by atoms with Gasteiger partial charge in [0.15, 0.2) is 0 Å². The summed E-state index contributed by atoms with van der Waals surface area (Å²) in [6.07, 6.45) is 29.4. The molecule has 2 unspecified atom stereocenters. The number of unbranched alkanes of at least 4 members (excludes halogenated alkanes) is 14. The van der Waals surface area contributed by atoms with E-state index in [1.807, 2.05) is 0 Å². The Hall–Kier alpha value is -2.22. The molecule has 0 fully saturated rings. The summed E-state index contributed by atoms with van der Waals surface area (Å²) in [4.78, 5) is 5.42. The molecule has 0 N–H and O–H groups in total. The maximum Gasteiger partial charge on any atom is 0.123 e. The van der Waals surface area contributed by atoms with Gasteiger partial charge in [-0.1, -0.05) is 171 Å². The van der Waals surface area contributed by atoms with Crippen LogP contribution in [-0.2, 0) is 6.42 Å². The van der Waals surface area contributed by atoms with Crippen LogP contribution >= 0.6 is 0 Å². The van der Waals surface area contributed by atoms with Gasteiger partial charge in [0.25, 0.3) is 0 Å². The van der Waals surface area contributed by atoms with Crippen molar-refractivity contribution in [1.82, 2.24) is 9.80 Å². The van der Waals surface area contributed by atoms with E-state index in [1.54, 1.807) is 0 Å². The van der Waals surface area contributed by atoms with Gasteiger partial charge in [-0.15, -0.1) is 0 Å². The predicted octanol–water partition coefficient (Wildman–Crippen LogP) is 11.5. The molecule has 228 valence electrons. The topological polar surface area (TPSA) is 6.48 Å². The maximum absolute atomic E-state index is 2.74. The van der Waals surface area contributed by atoms with Gasteiger partial charge in [-0.05, 0) is 30.4 Å². The van der Waals surface area contributed by atoms with Crippen LogP contribution in [0.4, 0.5) is 0 Å². The Balaban J connectivity index is 1.51. The van der Waals surface area contributed by atoms with E-state index in [0.29, 0.717) is 5.92 Å². The van der Waals surface area contributed by atoms with E-state index in [4.69, 9.17) is 0 Å². The molecular formula is C39H62N2. The van der Waals surface area contributed by atoms with Crippen LogP contribution in [0.15, 0.2) is 73.1 Å². The lowest BCUT2D eigenvalue weighted by Gasteiger charge is -2.51.